The highest BCUT2D eigenvalue weighted by Gasteiger charge is 2.14. The number of nitrogens with zero attached hydrogens (tertiary/aromatic N) is 2. The number of anilines is 1. The number of rotatable bonds is 3. The van der Waals surface area contributed by atoms with Gasteiger partial charge in [0.05, 0.1) is 9.21 Å². The second-order valence-corrected chi connectivity index (χ2v) is 6.05. The summed E-state index contributed by atoms with van der Waals surface area (Å²) in [6.45, 7) is 1.92. The topological polar surface area (TPSA) is 68.0 Å². The number of hydrogen-bond donors (Lipinski definition) is 1. The minimum Gasteiger partial charge on any atom is -0.402 e. The fourth-order valence-corrected chi connectivity index (χ4v) is 2.72. The smallest absolute Gasteiger partial charge is 0.322 e. The molecule has 3 aromatic rings. The lowest BCUT2D eigenvalue weighted by Crippen LogP contribution is -2.12. The summed E-state index contributed by atoms with van der Waals surface area (Å²) in [4.78, 5) is 12.8. The Morgan fingerprint density at radius 2 is 2.14 bits per heavy atom. The number of benzene rings is 1. The third-order valence-electron chi connectivity index (χ3n) is 2.71. The van der Waals surface area contributed by atoms with Crippen molar-refractivity contribution < 1.29 is 9.21 Å². The lowest BCUT2D eigenvalue weighted by atomic mass is 10.1. The summed E-state index contributed by atoms with van der Waals surface area (Å²) in [6, 6.07) is 10.8. The van der Waals surface area contributed by atoms with Crippen LogP contribution in [0.1, 0.15) is 15.9 Å². The van der Waals surface area contributed by atoms with Gasteiger partial charge in [-0.1, -0.05) is 34.4 Å². The van der Waals surface area contributed by atoms with E-state index in [-0.39, 0.29) is 11.9 Å². The normalized spacial score (nSPS) is 10.6. The lowest BCUT2D eigenvalue weighted by molar-refractivity contribution is 0.102. The molecule has 0 fully saturated rings. The Hall–Kier alpha value is -2.18. The number of aryl methyl sites for hydroxylation is 1. The highest BCUT2D eigenvalue weighted by molar-refractivity contribution is 7.19. The van der Waals surface area contributed by atoms with Gasteiger partial charge in [-0.15, -0.1) is 16.4 Å². The minimum atomic E-state index is -0.293. The maximum atomic E-state index is 12.1. The van der Waals surface area contributed by atoms with Crippen molar-refractivity contribution in [3.8, 4) is 10.8 Å². The van der Waals surface area contributed by atoms with E-state index in [4.69, 9.17) is 16.0 Å². The quantitative estimate of drug-likeness (QED) is 0.792. The molecule has 0 atom stereocenters. The molecule has 7 heteroatoms. The van der Waals surface area contributed by atoms with E-state index in [9.17, 15) is 4.79 Å². The first-order chi connectivity index (χ1) is 10.1. The number of carbonyl (C=O) groups is 1. The first kappa shape index (κ1) is 13.8. The molecular formula is C14H10ClN3O2S. The van der Waals surface area contributed by atoms with E-state index in [1.54, 1.807) is 24.3 Å². The maximum Gasteiger partial charge on any atom is 0.322 e. The predicted molar refractivity (Wildman–Crippen MR) is 81.8 cm³/mol. The second-order valence-electron chi connectivity index (χ2n) is 4.34. The zero-order valence-electron chi connectivity index (χ0n) is 11.0. The molecule has 0 aliphatic rings. The van der Waals surface area contributed by atoms with E-state index in [1.165, 1.54) is 11.3 Å². The van der Waals surface area contributed by atoms with Crippen molar-refractivity contribution in [3.05, 3.63) is 51.9 Å². The SMILES string of the molecule is Cc1cccc(C(=O)Nc2nnc(-c3ccc(Cl)s3)o2)c1. The zero-order chi connectivity index (χ0) is 14.8. The van der Waals surface area contributed by atoms with Crippen molar-refractivity contribution in [1.29, 1.82) is 0 Å². The average Bonchev–Trinajstić information content (AvgIpc) is 3.07. The molecule has 0 aliphatic carbocycles. The number of hydrogen-bond acceptors (Lipinski definition) is 5. The number of carbonyl (C=O) groups excluding carboxylic acids is 1. The Morgan fingerprint density at radius 3 is 2.86 bits per heavy atom. The number of amides is 1. The van der Waals surface area contributed by atoms with Crippen molar-refractivity contribution >= 4 is 34.9 Å². The van der Waals surface area contributed by atoms with Crippen LogP contribution >= 0.6 is 22.9 Å². The van der Waals surface area contributed by atoms with Crippen LogP contribution in [0.25, 0.3) is 10.8 Å². The molecule has 1 aromatic carbocycles. The Labute approximate surface area is 129 Å². The van der Waals surface area contributed by atoms with Crippen LogP contribution in [0.2, 0.25) is 4.34 Å². The van der Waals surface area contributed by atoms with Crippen LogP contribution in [0.5, 0.6) is 0 Å². The molecule has 0 saturated heterocycles. The molecule has 21 heavy (non-hydrogen) atoms. The van der Waals surface area contributed by atoms with Gasteiger partial charge in [-0.05, 0) is 31.2 Å². The standard InChI is InChI=1S/C14H10ClN3O2S/c1-8-3-2-4-9(7-8)12(19)16-14-18-17-13(20-14)10-5-6-11(15)21-10/h2-7H,1H3,(H,16,18,19). The second kappa shape index (κ2) is 5.67. The molecule has 0 radical (unpaired) electrons. The van der Waals surface area contributed by atoms with Crippen LogP contribution in [-0.4, -0.2) is 16.1 Å². The van der Waals surface area contributed by atoms with Crippen LogP contribution in [0.3, 0.4) is 0 Å². The van der Waals surface area contributed by atoms with Gasteiger partial charge in [0.2, 0.25) is 0 Å². The van der Waals surface area contributed by atoms with Crippen molar-refractivity contribution in [1.82, 2.24) is 10.2 Å². The van der Waals surface area contributed by atoms with Gasteiger partial charge >= 0.3 is 6.01 Å². The Morgan fingerprint density at radius 1 is 1.29 bits per heavy atom. The molecule has 3 rings (SSSR count). The summed E-state index contributed by atoms with van der Waals surface area (Å²) < 4.78 is 6.04. The largest absolute Gasteiger partial charge is 0.402 e. The van der Waals surface area contributed by atoms with Gasteiger partial charge in [-0.3, -0.25) is 10.1 Å². The molecule has 0 saturated carbocycles. The van der Waals surface area contributed by atoms with Crippen LogP contribution in [0, 0.1) is 6.92 Å². The van der Waals surface area contributed by atoms with Crippen molar-refractivity contribution in [2.24, 2.45) is 0 Å². The summed E-state index contributed by atoms with van der Waals surface area (Å²) in [5, 5.41) is 10.3. The molecule has 5 nitrogen and oxygen atoms in total. The third kappa shape index (κ3) is 3.12. The van der Waals surface area contributed by atoms with Crippen molar-refractivity contribution in [2.45, 2.75) is 6.92 Å². The van der Waals surface area contributed by atoms with Gasteiger partial charge in [-0.2, -0.15) is 0 Å². The van der Waals surface area contributed by atoms with Gasteiger partial charge in [0.1, 0.15) is 0 Å². The molecule has 0 spiro atoms. The molecule has 2 aromatic heterocycles. The van der Waals surface area contributed by atoms with Gasteiger partial charge in [0, 0.05) is 5.56 Å². The summed E-state index contributed by atoms with van der Waals surface area (Å²) >= 11 is 7.18. The van der Waals surface area contributed by atoms with E-state index in [0.717, 1.165) is 10.4 Å². The Bertz CT molecular complexity index is 797. The summed E-state index contributed by atoms with van der Waals surface area (Å²) in [5.74, 6) is 0.0320. The molecule has 1 N–H and O–H groups in total. The van der Waals surface area contributed by atoms with E-state index < -0.39 is 0 Å². The molecule has 0 bridgehead atoms. The van der Waals surface area contributed by atoms with Crippen molar-refractivity contribution in [2.75, 3.05) is 5.32 Å². The monoisotopic (exact) mass is 319 g/mol. The number of halogens is 1. The molecule has 0 aliphatic heterocycles. The fourth-order valence-electron chi connectivity index (χ4n) is 1.76. The van der Waals surface area contributed by atoms with Gasteiger partial charge in [0.15, 0.2) is 0 Å². The molecule has 0 unspecified atom stereocenters. The fraction of sp³-hybridized carbons (Fsp3) is 0.0714. The van der Waals surface area contributed by atoms with E-state index in [1.807, 2.05) is 19.1 Å². The number of thiophene rings is 1. The Kier molecular flexibility index (Phi) is 3.72. The van der Waals surface area contributed by atoms with Gasteiger partial charge in [-0.25, -0.2) is 0 Å². The van der Waals surface area contributed by atoms with E-state index >= 15 is 0 Å². The minimum absolute atomic E-state index is 0.0565. The number of aromatic nitrogens is 2. The molecule has 1 amide bonds. The first-order valence-electron chi connectivity index (χ1n) is 6.09. The summed E-state index contributed by atoms with van der Waals surface area (Å²) in [5.41, 5.74) is 1.54. The van der Waals surface area contributed by atoms with Gasteiger partial charge < -0.3 is 4.42 Å². The number of nitrogens with one attached hydrogen (secondary N) is 1. The average molecular weight is 320 g/mol. The van der Waals surface area contributed by atoms with Crippen LogP contribution in [0.4, 0.5) is 6.01 Å². The Balaban J connectivity index is 1.77. The summed E-state index contributed by atoms with van der Waals surface area (Å²) in [7, 11) is 0. The maximum absolute atomic E-state index is 12.1. The molecular weight excluding hydrogens is 310 g/mol. The zero-order valence-corrected chi connectivity index (χ0v) is 12.5. The molecule has 106 valence electrons. The van der Waals surface area contributed by atoms with Gasteiger partial charge in [0.25, 0.3) is 11.8 Å². The molecule has 2 heterocycles. The van der Waals surface area contributed by atoms with Crippen LogP contribution < -0.4 is 5.32 Å². The van der Waals surface area contributed by atoms with Crippen molar-refractivity contribution in [3.63, 3.8) is 0 Å². The predicted octanol–water partition coefficient (Wildman–Crippen LogP) is 4.01. The highest BCUT2D eigenvalue weighted by atomic mass is 35.5. The van der Waals surface area contributed by atoms with E-state index in [0.29, 0.717) is 15.8 Å². The lowest BCUT2D eigenvalue weighted by Gasteiger charge is -2.01. The van der Waals surface area contributed by atoms with E-state index in [2.05, 4.69) is 15.5 Å². The first-order valence-corrected chi connectivity index (χ1v) is 7.28. The summed E-state index contributed by atoms with van der Waals surface area (Å²) in [6.07, 6.45) is 0. The highest BCUT2D eigenvalue weighted by Crippen LogP contribution is 2.30. The third-order valence-corrected chi connectivity index (χ3v) is 3.93. The van der Waals surface area contributed by atoms with Crippen LogP contribution in [-0.2, 0) is 0 Å². The van der Waals surface area contributed by atoms with Crippen LogP contribution in [0.15, 0.2) is 40.8 Å².